The van der Waals surface area contributed by atoms with Gasteiger partial charge in [-0.3, -0.25) is 0 Å². The first-order valence-electron chi connectivity index (χ1n) is 14.8. The van der Waals surface area contributed by atoms with Crippen molar-refractivity contribution in [2.45, 2.75) is 0 Å². The van der Waals surface area contributed by atoms with Crippen LogP contribution in [0.3, 0.4) is 0 Å². The summed E-state index contributed by atoms with van der Waals surface area (Å²) in [5.41, 5.74) is 7.62. The van der Waals surface area contributed by atoms with Crippen LogP contribution in [0.5, 0.6) is 0 Å². The van der Waals surface area contributed by atoms with Crippen LogP contribution in [-0.2, 0) is 0 Å². The molecule has 9 aromatic rings. The molecule has 0 aliphatic heterocycles. The predicted molar refractivity (Wildman–Crippen MR) is 188 cm³/mol. The fourth-order valence-corrected chi connectivity index (χ4v) is 8.19. The average Bonchev–Trinajstić information content (AvgIpc) is 3.46. The summed E-state index contributed by atoms with van der Waals surface area (Å²) in [6.45, 7) is 0. The maximum Gasteiger partial charge on any atom is 0.0440 e. The smallest absolute Gasteiger partial charge is 0.0440 e. The lowest BCUT2D eigenvalue weighted by Crippen LogP contribution is -1.92. The van der Waals surface area contributed by atoms with Crippen molar-refractivity contribution in [3.8, 4) is 33.4 Å². The minimum absolute atomic E-state index is 1.23. The van der Waals surface area contributed by atoms with Gasteiger partial charge in [-0.05, 0) is 66.4 Å². The molecule has 8 aromatic carbocycles. The molecule has 0 fully saturated rings. The van der Waals surface area contributed by atoms with Crippen molar-refractivity contribution in [2.75, 3.05) is 0 Å². The van der Waals surface area contributed by atoms with Crippen molar-refractivity contribution < 1.29 is 0 Å². The van der Waals surface area contributed by atoms with Gasteiger partial charge in [0.05, 0.1) is 0 Å². The molecule has 0 bridgehead atoms. The second-order valence-electron chi connectivity index (χ2n) is 11.2. The van der Waals surface area contributed by atoms with Gasteiger partial charge in [0.2, 0.25) is 0 Å². The Bertz CT molecular complexity index is 2480. The molecule has 1 heteroatoms. The van der Waals surface area contributed by atoms with Crippen LogP contribution in [0.25, 0.3) is 85.9 Å². The molecule has 0 nitrogen and oxygen atoms in total. The number of fused-ring (bicyclic) bond motifs is 7. The fourth-order valence-electron chi connectivity index (χ4n) is 6.94. The lowest BCUT2D eigenvalue weighted by molar-refractivity contribution is 1.61. The van der Waals surface area contributed by atoms with Crippen LogP contribution in [0, 0.1) is 0 Å². The van der Waals surface area contributed by atoms with E-state index in [0.717, 1.165) is 0 Å². The molecular formula is C42H26S. The van der Waals surface area contributed by atoms with E-state index in [9.17, 15) is 0 Å². The first-order chi connectivity index (χ1) is 21.3. The molecule has 0 saturated carbocycles. The summed E-state index contributed by atoms with van der Waals surface area (Å²) in [6, 6.07) is 57.8. The first-order valence-corrected chi connectivity index (χ1v) is 15.6. The molecule has 0 aliphatic rings. The minimum atomic E-state index is 1.23. The van der Waals surface area contributed by atoms with E-state index in [1.54, 1.807) is 0 Å². The molecule has 1 aromatic heterocycles. The molecular weight excluding hydrogens is 537 g/mol. The highest BCUT2D eigenvalue weighted by atomic mass is 32.1. The third kappa shape index (κ3) is 3.75. The summed E-state index contributed by atoms with van der Waals surface area (Å²) in [6.07, 6.45) is 0. The quantitative estimate of drug-likeness (QED) is 0.188. The topological polar surface area (TPSA) is 0 Å². The van der Waals surface area contributed by atoms with Gasteiger partial charge in [-0.1, -0.05) is 152 Å². The van der Waals surface area contributed by atoms with Crippen LogP contribution < -0.4 is 0 Å². The lowest BCUT2D eigenvalue weighted by atomic mass is 9.84. The second-order valence-corrected chi connectivity index (χ2v) is 12.3. The molecule has 0 radical (unpaired) electrons. The summed E-state index contributed by atoms with van der Waals surface area (Å²) in [4.78, 5) is 0. The number of rotatable bonds is 3. The van der Waals surface area contributed by atoms with E-state index in [1.165, 1.54) is 85.9 Å². The molecule has 0 aliphatic carbocycles. The summed E-state index contributed by atoms with van der Waals surface area (Å²) < 4.78 is 2.69. The number of hydrogen-bond donors (Lipinski definition) is 0. The third-order valence-electron chi connectivity index (χ3n) is 8.87. The van der Waals surface area contributed by atoms with E-state index in [-0.39, 0.29) is 0 Å². The minimum Gasteiger partial charge on any atom is -0.135 e. The summed E-state index contributed by atoms with van der Waals surface area (Å²) in [7, 11) is 0. The lowest BCUT2D eigenvalue weighted by Gasteiger charge is -2.19. The van der Waals surface area contributed by atoms with Gasteiger partial charge in [0.1, 0.15) is 0 Å². The van der Waals surface area contributed by atoms with Crippen LogP contribution >= 0.6 is 11.3 Å². The van der Waals surface area contributed by atoms with Crippen molar-refractivity contribution in [1.82, 2.24) is 0 Å². The Kier molecular flexibility index (Phi) is 5.47. The number of hydrogen-bond acceptors (Lipinski definition) is 1. The summed E-state index contributed by atoms with van der Waals surface area (Å²) in [5.74, 6) is 0. The Morgan fingerprint density at radius 3 is 1.72 bits per heavy atom. The van der Waals surface area contributed by atoms with Crippen LogP contribution in [0.1, 0.15) is 0 Å². The van der Waals surface area contributed by atoms with Gasteiger partial charge in [0.15, 0.2) is 0 Å². The predicted octanol–water partition coefficient (Wildman–Crippen LogP) is 12.5. The molecule has 0 saturated heterocycles. The second kappa shape index (κ2) is 9.66. The summed E-state index contributed by atoms with van der Waals surface area (Å²) in [5, 5.41) is 10.4. The maximum atomic E-state index is 2.37. The normalized spacial score (nSPS) is 11.7. The van der Waals surface area contributed by atoms with Gasteiger partial charge in [0, 0.05) is 25.6 Å². The van der Waals surface area contributed by atoms with E-state index in [4.69, 9.17) is 0 Å². The zero-order valence-corrected chi connectivity index (χ0v) is 24.2. The highest BCUT2D eigenvalue weighted by Gasteiger charge is 2.21. The van der Waals surface area contributed by atoms with Crippen molar-refractivity contribution in [3.63, 3.8) is 0 Å². The van der Waals surface area contributed by atoms with Crippen molar-refractivity contribution in [3.05, 3.63) is 158 Å². The van der Waals surface area contributed by atoms with Crippen LogP contribution in [0.2, 0.25) is 0 Å². The van der Waals surface area contributed by atoms with Crippen molar-refractivity contribution >= 4 is 63.8 Å². The standard InChI is InChI=1S/C42H26S/c1-2-11-27(12-3-1)28-21-23-30(24-22-28)39-34-17-6-7-18-35(34)40(33-19-10-14-29-13-4-5-15-31(29)33)41-37(39)26-25-36-32-16-8-9-20-38(32)43-42(36)41/h1-26H. The Morgan fingerprint density at radius 1 is 0.326 bits per heavy atom. The number of benzene rings is 8. The molecule has 200 valence electrons. The Balaban J connectivity index is 1.45. The molecule has 0 amide bonds. The average molecular weight is 563 g/mol. The monoisotopic (exact) mass is 562 g/mol. The van der Waals surface area contributed by atoms with Crippen LogP contribution in [0.15, 0.2) is 158 Å². The molecule has 9 rings (SSSR count). The molecule has 0 N–H and O–H groups in total. The zero-order valence-electron chi connectivity index (χ0n) is 23.4. The third-order valence-corrected chi connectivity index (χ3v) is 10.1. The van der Waals surface area contributed by atoms with Gasteiger partial charge in [-0.2, -0.15) is 0 Å². The Hall–Kier alpha value is -5.24. The van der Waals surface area contributed by atoms with Crippen molar-refractivity contribution in [1.29, 1.82) is 0 Å². The number of thiophene rings is 1. The van der Waals surface area contributed by atoms with Crippen LogP contribution in [0.4, 0.5) is 0 Å². The van der Waals surface area contributed by atoms with E-state index in [1.807, 2.05) is 11.3 Å². The van der Waals surface area contributed by atoms with Gasteiger partial charge < -0.3 is 0 Å². The zero-order chi connectivity index (χ0) is 28.3. The molecule has 0 atom stereocenters. The SMILES string of the molecule is c1ccc(-c2ccc(-c3c4ccccc4c(-c4cccc5ccccc45)c4c3ccc3c5ccccc5sc34)cc2)cc1. The highest BCUT2D eigenvalue weighted by molar-refractivity contribution is 7.26. The Morgan fingerprint density at radius 2 is 0.907 bits per heavy atom. The largest absolute Gasteiger partial charge is 0.135 e. The highest BCUT2D eigenvalue weighted by Crippen LogP contribution is 2.50. The fraction of sp³-hybridized carbons (Fsp3) is 0. The van der Waals surface area contributed by atoms with E-state index >= 15 is 0 Å². The van der Waals surface area contributed by atoms with Gasteiger partial charge in [-0.25, -0.2) is 0 Å². The summed E-state index contributed by atoms with van der Waals surface area (Å²) >= 11 is 1.92. The molecule has 0 unspecified atom stereocenters. The van der Waals surface area contributed by atoms with Gasteiger partial charge in [-0.15, -0.1) is 11.3 Å². The van der Waals surface area contributed by atoms with Crippen molar-refractivity contribution in [2.24, 2.45) is 0 Å². The van der Waals surface area contributed by atoms with E-state index < -0.39 is 0 Å². The van der Waals surface area contributed by atoms with Gasteiger partial charge >= 0.3 is 0 Å². The maximum absolute atomic E-state index is 2.37. The first kappa shape index (κ1) is 24.4. The molecule has 0 spiro atoms. The Labute approximate surface area is 254 Å². The molecule has 1 heterocycles. The van der Waals surface area contributed by atoms with Gasteiger partial charge in [0.25, 0.3) is 0 Å². The van der Waals surface area contributed by atoms with E-state index in [0.29, 0.717) is 0 Å². The molecule has 43 heavy (non-hydrogen) atoms. The van der Waals surface area contributed by atoms with E-state index in [2.05, 4.69) is 158 Å². The van der Waals surface area contributed by atoms with Crippen LogP contribution in [-0.4, -0.2) is 0 Å².